The molecule has 0 radical (unpaired) electrons. The monoisotopic (exact) mass is 327 g/mol. The summed E-state index contributed by atoms with van der Waals surface area (Å²) in [6.07, 6.45) is 0. The fourth-order valence-corrected chi connectivity index (χ4v) is 2.62. The molecule has 4 nitrogen and oxygen atoms in total. The van der Waals surface area contributed by atoms with Crippen molar-refractivity contribution in [3.8, 4) is 0 Å². The van der Waals surface area contributed by atoms with Crippen LogP contribution < -0.4 is 10.7 Å². The van der Waals surface area contributed by atoms with Crippen molar-refractivity contribution in [3.63, 3.8) is 0 Å². The molecular formula is C18H20ClN4+. The molecule has 2 aromatic carbocycles. The smallest absolute Gasteiger partial charge is 0.273 e. The molecule has 0 aromatic heterocycles. The van der Waals surface area contributed by atoms with Gasteiger partial charge in [-0.2, -0.15) is 5.43 Å². The van der Waals surface area contributed by atoms with Crippen molar-refractivity contribution < 1.29 is 4.58 Å². The van der Waals surface area contributed by atoms with E-state index in [1.807, 2.05) is 37.3 Å². The van der Waals surface area contributed by atoms with Crippen molar-refractivity contribution in [1.82, 2.24) is 10.7 Å². The molecule has 118 valence electrons. The van der Waals surface area contributed by atoms with Crippen LogP contribution in [0.1, 0.15) is 18.1 Å². The molecule has 1 aliphatic rings. The van der Waals surface area contributed by atoms with Gasteiger partial charge in [0.25, 0.3) is 0 Å². The zero-order valence-electron chi connectivity index (χ0n) is 13.1. The SMILES string of the molecule is C/C(=N\NC1=[N+](Cc2ccccc2)CCN1)c1ccc(Cl)cc1. The number of hydrogen-bond acceptors (Lipinski definition) is 3. The number of hydrazone groups is 1. The molecule has 5 heteroatoms. The molecule has 0 unspecified atom stereocenters. The Hall–Kier alpha value is -2.33. The van der Waals surface area contributed by atoms with E-state index in [1.165, 1.54) is 5.56 Å². The zero-order chi connectivity index (χ0) is 16.1. The second-order valence-electron chi connectivity index (χ2n) is 5.50. The number of halogens is 1. The number of hydrogen-bond donors (Lipinski definition) is 2. The minimum absolute atomic E-state index is 0.732. The molecule has 1 heterocycles. The van der Waals surface area contributed by atoms with Gasteiger partial charge in [-0.05, 0) is 30.2 Å². The first-order chi connectivity index (χ1) is 11.2. The van der Waals surface area contributed by atoms with E-state index in [0.717, 1.165) is 41.9 Å². The number of benzene rings is 2. The lowest BCUT2D eigenvalue weighted by Crippen LogP contribution is -2.35. The van der Waals surface area contributed by atoms with Crippen molar-refractivity contribution in [2.75, 3.05) is 13.1 Å². The third-order valence-electron chi connectivity index (χ3n) is 3.80. The minimum Gasteiger partial charge on any atom is -0.273 e. The fourth-order valence-electron chi connectivity index (χ4n) is 2.50. The van der Waals surface area contributed by atoms with Crippen molar-refractivity contribution in [2.24, 2.45) is 5.10 Å². The molecule has 2 N–H and O–H groups in total. The van der Waals surface area contributed by atoms with Crippen molar-refractivity contribution >= 4 is 23.3 Å². The highest BCUT2D eigenvalue weighted by Gasteiger charge is 2.19. The summed E-state index contributed by atoms with van der Waals surface area (Å²) in [7, 11) is 0. The maximum Gasteiger partial charge on any atom is 0.370 e. The fraction of sp³-hybridized carbons (Fsp3) is 0.222. The van der Waals surface area contributed by atoms with Gasteiger partial charge in [0, 0.05) is 5.02 Å². The molecule has 0 saturated heterocycles. The summed E-state index contributed by atoms with van der Waals surface area (Å²) in [5, 5.41) is 8.56. The van der Waals surface area contributed by atoms with Gasteiger partial charge in [-0.1, -0.05) is 54.1 Å². The average Bonchev–Trinajstić information content (AvgIpc) is 3.01. The van der Waals surface area contributed by atoms with E-state index < -0.39 is 0 Å². The van der Waals surface area contributed by atoms with E-state index in [1.54, 1.807) is 0 Å². The second kappa shape index (κ2) is 7.29. The maximum atomic E-state index is 5.92. The second-order valence-corrected chi connectivity index (χ2v) is 5.93. The van der Waals surface area contributed by atoms with Crippen LogP contribution in [0.2, 0.25) is 5.02 Å². The molecule has 0 saturated carbocycles. The molecule has 0 atom stereocenters. The lowest BCUT2D eigenvalue weighted by Gasteiger charge is -2.05. The largest absolute Gasteiger partial charge is 0.370 e. The molecule has 3 rings (SSSR count). The van der Waals surface area contributed by atoms with Crippen molar-refractivity contribution in [2.45, 2.75) is 13.5 Å². The van der Waals surface area contributed by atoms with Crippen LogP contribution in [0, 0.1) is 0 Å². The van der Waals surface area contributed by atoms with Crippen LogP contribution >= 0.6 is 11.6 Å². The first kappa shape index (κ1) is 15.6. The van der Waals surface area contributed by atoms with Crippen LogP contribution in [0.4, 0.5) is 0 Å². The van der Waals surface area contributed by atoms with Gasteiger partial charge >= 0.3 is 5.96 Å². The van der Waals surface area contributed by atoms with Crippen LogP contribution in [0.3, 0.4) is 0 Å². The third-order valence-corrected chi connectivity index (χ3v) is 4.05. The van der Waals surface area contributed by atoms with Crippen molar-refractivity contribution in [1.29, 1.82) is 0 Å². The van der Waals surface area contributed by atoms with Gasteiger partial charge in [0.1, 0.15) is 0 Å². The van der Waals surface area contributed by atoms with E-state index in [-0.39, 0.29) is 0 Å². The predicted molar refractivity (Wildman–Crippen MR) is 95.1 cm³/mol. The lowest BCUT2D eigenvalue weighted by atomic mass is 10.1. The first-order valence-electron chi connectivity index (χ1n) is 7.68. The number of nitrogens with zero attached hydrogens (tertiary/aromatic N) is 2. The van der Waals surface area contributed by atoms with Crippen LogP contribution in [-0.2, 0) is 6.54 Å². The zero-order valence-corrected chi connectivity index (χ0v) is 13.8. The Morgan fingerprint density at radius 1 is 1.17 bits per heavy atom. The van der Waals surface area contributed by atoms with Gasteiger partial charge in [0.2, 0.25) is 0 Å². The van der Waals surface area contributed by atoms with Crippen LogP contribution in [0.15, 0.2) is 59.7 Å². The van der Waals surface area contributed by atoms with Crippen LogP contribution in [0.5, 0.6) is 0 Å². The summed E-state index contributed by atoms with van der Waals surface area (Å²) in [5.41, 5.74) is 6.41. The van der Waals surface area contributed by atoms with Crippen molar-refractivity contribution in [3.05, 3.63) is 70.7 Å². The summed E-state index contributed by atoms with van der Waals surface area (Å²) in [5.74, 6) is 0.946. The topological polar surface area (TPSA) is 39.4 Å². The van der Waals surface area contributed by atoms with Gasteiger partial charge < -0.3 is 0 Å². The van der Waals surface area contributed by atoms with E-state index in [9.17, 15) is 0 Å². The average molecular weight is 328 g/mol. The van der Waals surface area contributed by atoms with Gasteiger partial charge in [0.05, 0.1) is 25.3 Å². The summed E-state index contributed by atoms with van der Waals surface area (Å²) < 4.78 is 2.26. The summed E-state index contributed by atoms with van der Waals surface area (Å²) >= 11 is 5.92. The first-order valence-corrected chi connectivity index (χ1v) is 8.06. The van der Waals surface area contributed by atoms with Gasteiger partial charge in [-0.15, -0.1) is 5.10 Å². The number of rotatable bonds is 4. The third kappa shape index (κ3) is 4.11. The van der Waals surface area contributed by atoms with Crippen LogP contribution in [0.25, 0.3) is 0 Å². The quantitative estimate of drug-likeness (QED) is 0.515. The molecule has 23 heavy (non-hydrogen) atoms. The Morgan fingerprint density at radius 3 is 2.65 bits per heavy atom. The van der Waals surface area contributed by atoms with Gasteiger partial charge in [-0.3, -0.25) is 9.89 Å². The molecular weight excluding hydrogens is 308 g/mol. The minimum atomic E-state index is 0.732. The highest BCUT2D eigenvalue weighted by atomic mass is 35.5. The molecule has 0 aliphatic carbocycles. The molecule has 1 aliphatic heterocycles. The van der Waals surface area contributed by atoms with E-state index in [4.69, 9.17) is 11.6 Å². The van der Waals surface area contributed by atoms with Gasteiger partial charge in [0.15, 0.2) is 0 Å². The molecule has 2 aromatic rings. The van der Waals surface area contributed by atoms with Crippen LogP contribution in [-0.4, -0.2) is 29.3 Å². The number of guanidine groups is 1. The highest BCUT2D eigenvalue weighted by molar-refractivity contribution is 6.30. The molecule has 0 bridgehead atoms. The maximum absolute atomic E-state index is 5.92. The standard InChI is InChI=1S/C18H19ClN4/c1-14(16-7-9-17(19)10-8-16)21-22-18-20-11-12-23(18)13-15-5-3-2-4-6-15/h2-10H,11-13H2,1H3,(H,20,22)/p+1/b21-14+. The normalized spacial score (nSPS) is 14.8. The molecule has 0 fully saturated rings. The van der Waals surface area contributed by atoms with E-state index >= 15 is 0 Å². The Morgan fingerprint density at radius 2 is 1.91 bits per heavy atom. The van der Waals surface area contributed by atoms with E-state index in [2.05, 4.69) is 44.7 Å². The lowest BCUT2D eigenvalue weighted by molar-refractivity contribution is -0.536. The van der Waals surface area contributed by atoms with Gasteiger partial charge in [-0.25, -0.2) is 0 Å². The van der Waals surface area contributed by atoms with E-state index in [0.29, 0.717) is 0 Å². The Bertz CT molecular complexity index is 720. The molecule has 0 amide bonds. The number of nitrogens with one attached hydrogen (secondary N) is 2. The Labute approximate surface area is 141 Å². The predicted octanol–water partition coefficient (Wildman–Crippen LogP) is 2.83. The summed E-state index contributed by atoms with van der Waals surface area (Å²) in [6.45, 7) is 4.73. The summed E-state index contributed by atoms with van der Waals surface area (Å²) in [4.78, 5) is 0. The highest BCUT2D eigenvalue weighted by Crippen LogP contribution is 2.10. The Kier molecular flexibility index (Phi) is 4.93. The summed E-state index contributed by atoms with van der Waals surface area (Å²) in [6, 6.07) is 18.1. The molecule has 0 spiro atoms. The Balaban J connectivity index is 1.71.